The maximum atomic E-state index is 12.5. The first-order valence-electron chi connectivity index (χ1n) is 9.63. The fourth-order valence-electron chi connectivity index (χ4n) is 3.63. The molecule has 2 heterocycles. The van der Waals surface area contributed by atoms with Crippen LogP contribution < -0.4 is 4.74 Å². The molecular weight excluding hydrogens is 342 g/mol. The molecule has 1 aromatic heterocycles. The Morgan fingerprint density at radius 1 is 1.30 bits per heavy atom. The molecule has 2 aromatic rings. The molecule has 1 unspecified atom stereocenters. The summed E-state index contributed by atoms with van der Waals surface area (Å²) in [5.74, 6) is 2.31. The lowest BCUT2D eigenvalue weighted by atomic mass is 9.94. The van der Waals surface area contributed by atoms with Gasteiger partial charge in [-0.25, -0.2) is 4.98 Å². The van der Waals surface area contributed by atoms with Gasteiger partial charge >= 0.3 is 0 Å². The van der Waals surface area contributed by atoms with Crippen LogP contribution in [-0.4, -0.2) is 53.8 Å². The van der Waals surface area contributed by atoms with E-state index in [1.807, 2.05) is 41.4 Å². The third kappa shape index (κ3) is 5.32. The lowest BCUT2D eigenvalue weighted by molar-refractivity contribution is -0.135. The summed E-state index contributed by atoms with van der Waals surface area (Å²) >= 11 is 0. The summed E-state index contributed by atoms with van der Waals surface area (Å²) in [6, 6.07) is 9.49. The van der Waals surface area contributed by atoms with E-state index >= 15 is 0 Å². The van der Waals surface area contributed by atoms with Crippen LogP contribution in [0.2, 0.25) is 0 Å². The predicted octanol–water partition coefficient (Wildman–Crippen LogP) is 2.70. The quantitative estimate of drug-likeness (QED) is 0.716. The van der Waals surface area contributed by atoms with E-state index in [4.69, 9.17) is 9.47 Å². The Morgan fingerprint density at radius 2 is 2.11 bits per heavy atom. The van der Waals surface area contributed by atoms with E-state index in [2.05, 4.69) is 16.5 Å². The number of ether oxygens (including phenoxy) is 2. The van der Waals surface area contributed by atoms with Crippen molar-refractivity contribution in [1.82, 2.24) is 14.5 Å². The van der Waals surface area contributed by atoms with Crippen molar-refractivity contribution in [3.63, 3.8) is 0 Å². The third-order valence-corrected chi connectivity index (χ3v) is 5.11. The van der Waals surface area contributed by atoms with Gasteiger partial charge in [0, 0.05) is 45.1 Å². The molecule has 146 valence electrons. The second-order valence-corrected chi connectivity index (χ2v) is 7.11. The summed E-state index contributed by atoms with van der Waals surface area (Å²) in [5, 5.41) is 0. The molecular formula is C21H29N3O3. The monoisotopic (exact) mass is 371 g/mol. The summed E-state index contributed by atoms with van der Waals surface area (Å²) in [6.45, 7) is 5.24. The van der Waals surface area contributed by atoms with Gasteiger partial charge in [0.1, 0.15) is 11.6 Å². The summed E-state index contributed by atoms with van der Waals surface area (Å²) < 4.78 is 13.1. The molecule has 1 aliphatic heterocycles. The van der Waals surface area contributed by atoms with Crippen LogP contribution in [0, 0.1) is 12.8 Å². The number of carbonyl (C=O) groups is 1. The number of piperidine rings is 1. The van der Waals surface area contributed by atoms with Gasteiger partial charge in [-0.3, -0.25) is 4.79 Å². The van der Waals surface area contributed by atoms with Crippen LogP contribution in [-0.2, 0) is 22.5 Å². The van der Waals surface area contributed by atoms with Crippen molar-refractivity contribution in [3.8, 4) is 5.75 Å². The Labute approximate surface area is 161 Å². The number of aryl methyl sites for hydroxylation is 1. The molecule has 0 spiro atoms. The fourth-order valence-corrected chi connectivity index (χ4v) is 3.63. The van der Waals surface area contributed by atoms with E-state index in [-0.39, 0.29) is 12.5 Å². The molecule has 6 nitrogen and oxygen atoms in total. The molecule has 0 saturated carbocycles. The largest absolute Gasteiger partial charge is 0.484 e. The molecule has 27 heavy (non-hydrogen) atoms. The molecule has 1 fully saturated rings. The highest BCUT2D eigenvalue weighted by atomic mass is 16.5. The van der Waals surface area contributed by atoms with Gasteiger partial charge in [-0.05, 0) is 37.8 Å². The normalized spacial score (nSPS) is 17.1. The van der Waals surface area contributed by atoms with Gasteiger partial charge < -0.3 is 18.9 Å². The lowest BCUT2D eigenvalue weighted by Crippen LogP contribution is -2.43. The van der Waals surface area contributed by atoms with Crippen molar-refractivity contribution in [3.05, 3.63) is 48.0 Å². The van der Waals surface area contributed by atoms with E-state index in [0.717, 1.165) is 56.2 Å². The van der Waals surface area contributed by atoms with Crippen molar-refractivity contribution in [1.29, 1.82) is 0 Å². The topological polar surface area (TPSA) is 56.6 Å². The molecule has 0 aliphatic carbocycles. The number of para-hydroxylation sites is 1. The van der Waals surface area contributed by atoms with Crippen molar-refractivity contribution in [2.45, 2.75) is 32.7 Å². The fraction of sp³-hybridized carbons (Fsp3) is 0.524. The highest BCUT2D eigenvalue weighted by Gasteiger charge is 2.25. The molecule has 1 amide bonds. The Kier molecular flexibility index (Phi) is 6.87. The molecule has 1 saturated heterocycles. The zero-order valence-electron chi connectivity index (χ0n) is 16.3. The summed E-state index contributed by atoms with van der Waals surface area (Å²) in [4.78, 5) is 19.1. The standard InChI is InChI=1S/C21H29N3O3/c1-17-14-22-20(24(17)11-12-26-2)13-18-7-6-10-23(15-18)21(25)16-27-19-8-4-3-5-9-19/h3-5,8-9,14,18H,6-7,10-13,15-16H2,1-2H3. The summed E-state index contributed by atoms with van der Waals surface area (Å²) in [6.07, 6.45) is 4.96. The average molecular weight is 371 g/mol. The number of likely N-dealkylation sites (tertiary alicyclic amines) is 1. The summed E-state index contributed by atoms with van der Waals surface area (Å²) in [7, 11) is 1.72. The smallest absolute Gasteiger partial charge is 0.260 e. The molecule has 3 rings (SSSR count). The van der Waals surface area contributed by atoms with Crippen LogP contribution in [0.3, 0.4) is 0 Å². The molecule has 1 aromatic carbocycles. The lowest BCUT2D eigenvalue weighted by Gasteiger charge is -2.32. The molecule has 1 atom stereocenters. The second kappa shape index (κ2) is 9.55. The highest BCUT2D eigenvalue weighted by Crippen LogP contribution is 2.21. The van der Waals surface area contributed by atoms with E-state index in [9.17, 15) is 4.79 Å². The van der Waals surface area contributed by atoms with Crippen molar-refractivity contribution in [2.24, 2.45) is 5.92 Å². The summed E-state index contributed by atoms with van der Waals surface area (Å²) in [5.41, 5.74) is 1.15. The number of aromatic nitrogens is 2. The first-order chi connectivity index (χ1) is 13.2. The van der Waals surface area contributed by atoms with Crippen molar-refractivity contribution >= 4 is 5.91 Å². The average Bonchev–Trinajstić information content (AvgIpc) is 3.04. The number of hydrogen-bond acceptors (Lipinski definition) is 4. The predicted molar refractivity (Wildman–Crippen MR) is 104 cm³/mol. The number of benzene rings is 1. The number of rotatable bonds is 8. The van der Waals surface area contributed by atoms with Gasteiger partial charge in [-0.2, -0.15) is 0 Å². The zero-order chi connectivity index (χ0) is 19.1. The van der Waals surface area contributed by atoms with E-state index in [1.165, 1.54) is 0 Å². The van der Waals surface area contributed by atoms with Gasteiger partial charge in [-0.15, -0.1) is 0 Å². The number of nitrogens with zero attached hydrogens (tertiary/aromatic N) is 3. The number of carbonyl (C=O) groups excluding carboxylic acids is 1. The minimum Gasteiger partial charge on any atom is -0.484 e. The maximum absolute atomic E-state index is 12.5. The maximum Gasteiger partial charge on any atom is 0.260 e. The van der Waals surface area contributed by atoms with Crippen LogP contribution >= 0.6 is 0 Å². The van der Waals surface area contributed by atoms with Crippen LogP contribution in [0.25, 0.3) is 0 Å². The van der Waals surface area contributed by atoms with Crippen molar-refractivity contribution < 1.29 is 14.3 Å². The molecule has 1 aliphatic rings. The number of amides is 1. The van der Waals surface area contributed by atoms with E-state index in [0.29, 0.717) is 12.5 Å². The van der Waals surface area contributed by atoms with Gasteiger partial charge in [0.05, 0.1) is 6.61 Å². The van der Waals surface area contributed by atoms with Gasteiger partial charge in [0.15, 0.2) is 6.61 Å². The second-order valence-electron chi connectivity index (χ2n) is 7.11. The number of imidazole rings is 1. The van der Waals surface area contributed by atoms with Crippen LogP contribution in [0.1, 0.15) is 24.4 Å². The number of methoxy groups -OCH3 is 1. The first kappa shape index (κ1) is 19.4. The Morgan fingerprint density at radius 3 is 2.89 bits per heavy atom. The molecule has 0 N–H and O–H groups in total. The minimum absolute atomic E-state index is 0.0578. The van der Waals surface area contributed by atoms with Crippen LogP contribution in [0.5, 0.6) is 5.75 Å². The van der Waals surface area contributed by atoms with Gasteiger partial charge in [0.2, 0.25) is 0 Å². The highest BCUT2D eigenvalue weighted by molar-refractivity contribution is 5.77. The molecule has 6 heteroatoms. The Hall–Kier alpha value is -2.34. The zero-order valence-corrected chi connectivity index (χ0v) is 16.3. The first-order valence-corrected chi connectivity index (χ1v) is 9.63. The number of hydrogen-bond donors (Lipinski definition) is 0. The van der Waals surface area contributed by atoms with E-state index in [1.54, 1.807) is 7.11 Å². The van der Waals surface area contributed by atoms with Crippen LogP contribution in [0.4, 0.5) is 0 Å². The molecule has 0 radical (unpaired) electrons. The van der Waals surface area contributed by atoms with Crippen molar-refractivity contribution in [2.75, 3.05) is 33.4 Å². The molecule has 0 bridgehead atoms. The van der Waals surface area contributed by atoms with Gasteiger partial charge in [-0.1, -0.05) is 18.2 Å². The SMILES string of the molecule is COCCn1c(C)cnc1CC1CCCN(C(=O)COc2ccccc2)C1. The van der Waals surface area contributed by atoms with Crippen LogP contribution in [0.15, 0.2) is 36.5 Å². The van der Waals surface area contributed by atoms with E-state index < -0.39 is 0 Å². The Bertz CT molecular complexity index is 730. The Balaban J connectivity index is 1.54. The van der Waals surface area contributed by atoms with Gasteiger partial charge in [0.25, 0.3) is 5.91 Å². The third-order valence-electron chi connectivity index (χ3n) is 5.11. The minimum atomic E-state index is 0.0578.